The molecule has 8 heteroatoms. The van der Waals surface area contributed by atoms with Crippen molar-refractivity contribution in [2.45, 2.75) is 25.9 Å². The Morgan fingerprint density at radius 1 is 1.30 bits per heavy atom. The second-order valence-electron chi connectivity index (χ2n) is 5.35. The van der Waals surface area contributed by atoms with Crippen molar-refractivity contribution in [2.75, 3.05) is 13.1 Å². The Morgan fingerprint density at radius 2 is 1.96 bits per heavy atom. The molecule has 0 unspecified atom stereocenters. The normalized spacial score (nSPS) is 15.7. The number of rotatable bonds is 5. The molecule has 5 nitrogen and oxygen atoms in total. The van der Waals surface area contributed by atoms with Crippen molar-refractivity contribution in [3.63, 3.8) is 0 Å². The second kappa shape index (κ2) is 7.34. The molecule has 0 saturated carbocycles. The molecule has 0 aliphatic carbocycles. The summed E-state index contributed by atoms with van der Waals surface area (Å²) in [6, 6.07) is 2.86. The smallest absolute Gasteiger partial charge is 0.387 e. The Labute approximate surface area is 130 Å². The molecule has 0 bridgehead atoms. The van der Waals surface area contributed by atoms with Crippen LogP contribution in [0.1, 0.15) is 29.6 Å². The van der Waals surface area contributed by atoms with Gasteiger partial charge in [-0.3, -0.25) is 9.59 Å². The first-order valence-electron chi connectivity index (χ1n) is 7.12. The lowest BCUT2D eigenvalue weighted by Gasteiger charge is -2.31. The zero-order valence-corrected chi connectivity index (χ0v) is 12.2. The van der Waals surface area contributed by atoms with Crippen molar-refractivity contribution < 1.29 is 32.6 Å². The van der Waals surface area contributed by atoms with Crippen molar-refractivity contribution in [3.05, 3.63) is 29.6 Å². The Bertz CT molecular complexity index is 586. The fraction of sp³-hybridized carbons (Fsp3) is 0.467. The molecular weight excluding hydrogens is 315 g/mol. The number of likely N-dealkylation sites (tertiary alicyclic amines) is 1. The van der Waals surface area contributed by atoms with Gasteiger partial charge in [0.05, 0.1) is 5.56 Å². The van der Waals surface area contributed by atoms with Crippen LogP contribution in [0.2, 0.25) is 0 Å². The second-order valence-corrected chi connectivity index (χ2v) is 5.35. The number of aliphatic carboxylic acids is 1. The minimum absolute atomic E-state index is 0.0125. The number of carboxylic acids is 1. The number of ether oxygens (including phenoxy) is 1. The largest absolute Gasteiger partial charge is 0.481 e. The van der Waals surface area contributed by atoms with Crippen LogP contribution >= 0.6 is 0 Å². The average molecular weight is 331 g/mol. The Kier molecular flexibility index (Phi) is 5.46. The number of hydrogen-bond acceptors (Lipinski definition) is 3. The van der Waals surface area contributed by atoms with Crippen LogP contribution in [0.3, 0.4) is 0 Å². The van der Waals surface area contributed by atoms with Gasteiger partial charge in [-0.1, -0.05) is 0 Å². The van der Waals surface area contributed by atoms with Gasteiger partial charge in [0.2, 0.25) is 0 Å². The topological polar surface area (TPSA) is 66.8 Å². The number of nitrogens with zero attached hydrogens (tertiary/aromatic N) is 1. The van der Waals surface area contributed by atoms with E-state index in [0.717, 1.165) is 18.2 Å². The Hall–Kier alpha value is -2.25. The molecule has 1 aliphatic heterocycles. The summed E-state index contributed by atoms with van der Waals surface area (Å²) in [6.45, 7) is -2.52. The lowest BCUT2D eigenvalue weighted by atomic mass is 9.93. The van der Waals surface area contributed by atoms with Crippen molar-refractivity contribution in [3.8, 4) is 5.75 Å². The third-order valence-corrected chi connectivity index (χ3v) is 3.76. The molecule has 0 aromatic heterocycles. The number of amides is 1. The van der Waals surface area contributed by atoms with E-state index in [1.54, 1.807) is 0 Å². The van der Waals surface area contributed by atoms with E-state index in [1.807, 2.05) is 0 Å². The van der Waals surface area contributed by atoms with E-state index in [1.165, 1.54) is 4.90 Å². The third-order valence-electron chi connectivity index (χ3n) is 3.76. The zero-order valence-electron chi connectivity index (χ0n) is 12.2. The molecule has 1 amide bonds. The van der Waals surface area contributed by atoms with Gasteiger partial charge in [-0.15, -0.1) is 0 Å². The van der Waals surface area contributed by atoms with Gasteiger partial charge < -0.3 is 14.7 Å². The fourth-order valence-corrected chi connectivity index (χ4v) is 2.62. The van der Waals surface area contributed by atoms with Crippen LogP contribution in [0.4, 0.5) is 13.2 Å². The predicted molar refractivity (Wildman–Crippen MR) is 73.9 cm³/mol. The van der Waals surface area contributed by atoms with E-state index in [-0.39, 0.29) is 17.9 Å². The quantitative estimate of drug-likeness (QED) is 0.901. The number of halogens is 3. The minimum atomic E-state index is -3.16. The molecule has 0 atom stereocenters. The molecule has 1 aromatic rings. The number of piperidine rings is 1. The van der Waals surface area contributed by atoms with E-state index in [0.29, 0.717) is 25.9 Å². The summed E-state index contributed by atoms with van der Waals surface area (Å²) in [6.07, 6.45) is 1.08. The average Bonchev–Trinajstić information content (AvgIpc) is 2.46. The predicted octanol–water partition coefficient (Wildman–Crippen LogP) is 2.75. The van der Waals surface area contributed by atoms with Crippen molar-refractivity contribution in [2.24, 2.45) is 5.92 Å². The number of carboxylic acid groups (broad SMARTS) is 1. The third kappa shape index (κ3) is 4.61. The van der Waals surface area contributed by atoms with Crippen LogP contribution in [0.15, 0.2) is 18.2 Å². The molecule has 0 spiro atoms. The maximum atomic E-state index is 13.2. The summed E-state index contributed by atoms with van der Waals surface area (Å²) < 4.78 is 42.2. The van der Waals surface area contributed by atoms with Crippen LogP contribution in [-0.4, -0.2) is 41.6 Å². The van der Waals surface area contributed by atoms with Gasteiger partial charge in [0.15, 0.2) is 0 Å². The van der Waals surface area contributed by atoms with Gasteiger partial charge in [-0.25, -0.2) is 4.39 Å². The van der Waals surface area contributed by atoms with Crippen molar-refractivity contribution >= 4 is 11.9 Å². The van der Waals surface area contributed by atoms with Gasteiger partial charge in [-0.2, -0.15) is 8.78 Å². The molecule has 1 aliphatic rings. The highest BCUT2D eigenvalue weighted by atomic mass is 19.3. The number of benzene rings is 1. The van der Waals surface area contributed by atoms with E-state index in [4.69, 9.17) is 5.11 Å². The molecule has 1 fully saturated rings. The molecular formula is C15H16F3NO4. The molecule has 1 heterocycles. The van der Waals surface area contributed by atoms with Crippen LogP contribution in [0.25, 0.3) is 0 Å². The van der Waals surface area contributed by atoms with Crippen molar-refractivity contribution in [1.82, 2.24) is 4.90 Å². The molecule has 126 valence electrons. The maximum Gasteiger partial charge on any atom is 0.387 e. The van der Waals surface area contributed by atoms with Crippen molar-refractivity contribution in [1.29, 1.82) is 0 Å². The van der Waals surface area contributed by atoms with E-state index >= 15 is 0 Å². The standard InChI is InChI=1S/C15H16F3NO4/c16-10-1-2-11(12(8-10)23-15(17)18)14(22)19-5-3-9(4-6-19)7-13(20)21/h1-2,8-9,15H,3-7H2,(H,20,21). The summed E-state index contributed by atoms with van der Waals surface area (Å²) in [4.78, 5) is 24.5. The first-order chi connectivity index (χ1) is 10.9. The summed E-state index contributed by atoms with van der Waals surface area (Å²) in [5.74, 6) is -2.72. The van der Waals surface area contributed by atoms with Gasteiger partial charge in [0.1, 0.15) is 11.6 Å². The molecule has 1 N–H and O–H groups in total. The number of hydrogen-bond donors (Lipinski definition) is 1. The molecule has 2 rings (SSSR count). The van der Waals surface area contributed by atoms with Gasteiger partial charge in [-0.05, 0) is 30.9 Å². The van der Waals surface area contributed by atoms with E-state index in [9.17, 15) is 22.8 Å². The van der Waals surface area contributed by atoms with Gasteiger partial charge >= 0.3 is 12.6 Å². The van der Waals surface area contributed by atoms with Gasteiger partial charge in [0.25, 0.3) is 5.91 Å². The Balaban J connectivity index is 2.08. The first kappa shape index (κ1) is 17.1. The molecule has 23 heavy (non-hydrogen) atoms. The highest BCUT2D eigenvalue weighted by molar-refractivity contribution is 5.97. The van der Waals surface area contributed by atoms with Crippen LogP contribution < -0.4 is 4.74 Å². The summed E-state index contributed by atoms with van der Waals surface area (Å²) >= 11 is 0. The Morgan fingerprint density at radius 3 is 2.52 bits per heavy atom. The number of alkyl halides is 2. The van der Waals surface area contributed by atoms with Crippen LogP contribution in [0, 0.1) is 11.7 Å². The number of carbonyl (C=O) groups excluding carboxylic acids is 1. The van der Waals surface area contributed by atoms with Crippen LogP contribution in [0.5, 0.6) is 5.75 Å². The summed E-state index contributed by atoms with van der Waals surface area (Å²) in [5.41, 5.74) is -0.136. The highest BCUT2D eigenvalue weighted by Gasteiger charge is 2.27. The zero-order chi connectivity index (χ0) is 17.0. The van der Waals surface area contributed by atoms with Gasteiger partial charge in [0, 0.05) is 25.6 Å². The first-order valence-corrected chi connectivity index (χ1v) is 7.12. The number of carbonyl (C=O) groups is 2. The summed E-state index contributed by atoms with van der Waals surface area (Å²) in [7, 11) is 0. The lowest BCUT2D eigenvalue weighted by Crippen LogP contribution is -2.39. The maximum absolute atomic E-state index is 13.2. The fourth-order valence-electron chi connectivity index (χ4n) is 2.62. The molecule has 1 aromatic carbocycles. The highest BCUT2D eigenvalue weighted by Crippen LogP contribution is 2.27. The van der Waals surface area contributed by atoms with E-state index < -0.39 is 30.1 Å². The molecule has 0 radical (unpaired) electrons. The summed E-state index contributed by atoms with van der Waals surface area (Å²) in [5, 5.41) is 8.76. The van der Waals surface area contributed by atoms with E-state index in [2.05, 4.69) is 4.74 Å². The minimum Gasteiger partial charge on any atom is -0.481 e. The monoisotopic (exact) mass is 331 g/mol. The lowest BCUT2D eigenvalue weighted by molar-refractivity contribution is -0.138. The van der Waals surface area contributed by atoms with Crippen LogP contribution in [-0.2, 0) is 4.79 Å². The molecule has 1 saturated heterocycles. The SMILES string of the molecule is O=C(O)CC1CCN(C(=O)c2ccc(F)cc2OC(F)F)CC1.